The van der Waals surface area contributed by atoms with Crippen molar-refractivity contribution < 1.29 is 4.39 Å². The van der Waals surface area contributed by atoms with Crippen molar-refractivity contribution in [3.8, 4) is 0 Å². The minimum atomic E-state index is -0.224. The molecule has 2 aromatic rings. The van der Waals surface area contributed by atoms with E-state index in [1.807, 2.05) is 18.2 Å². The predicted octanol–water partition coefficient (Wildman–Crippen LogP) is 4.35. The van der Waals surface area contributed by atoms with Crippen molar-refractivity contribution >= 4 is 29.1 Å². The van der Waals surface area contributed by atoms with Gasteiger partial charge in [0.25, 0.3) is 0 Å². The molecular weight excluding hydrogens is 257 g/mol. The first kappa shape index (κ1) is 12.3. The Morgan fingerprint density at radius 2 is 2.00 bits per heavy atom. The minimum absolute atomic E-state index is 0.224. The van der Waals surface area contributed by atoms with Crippen LogP contribution in [0.5, 0.6) is 0 Å². The summed E-state index contributed by atoms with van der Waals surface area (Å²) in [6, 6.07) is 11.9. The first-order valence-corrected chi connectivity index (χ1v) is 6.44. The molecule has 0 aliphatic rings. The van der Waals surface area contributed by atoms with Crippen molar-refractivity contribution in [1.29, 1.82) is 0 Å². The molecule has 0 aliphatic carbocycles. The second-order valence-electron chi connectivity index (χ2n) is 3.60. The fourth-order valence-corrected chi connectivity index (χ4v) is 2.68. The number of rotatable bonds is 3. The Kier molecular flexibility index (Phi) is 3.92. The molecule has 0 spiro atoms. The third-order valence-electron chi connectivity index (χ3n) is 2.27. The van der Waals surface area contributed by atoms with Crippen LogP contribution < -0.4 is 5.73 Å². The van der Waals surface area contributed by atoms with Crippen LogP contribution in [0, 0.1) is 5.82 Å². The van der Waals surface area contributed by atoms with Gasteiger partial charge in [0.1, 0.15) is 5.82 Å². The van der Waals surface area contributed by atoms with Crippen molar-refractivity contribution in [2.45, 2.75) is 10.6 Å². The van der Waals surface area contributed by atoms with Gasteiger partial charge in [-0.05, 0) is 35.9 Å². The molecule has 0 unspecified atom stereocenters. The summed E-state index contributed by atoms with van der Waals surface area (Å²) in [5.74, 6) is 0.473. The van der Waals surface area contributed by atoms with Gasteiger partial charge in [-0.2, -0.15) is 0 Å². The van der Waals surface area contributed by atoms with Crippen LogP contribution in [0.25, 0.3) is 0 Å². The fraction of sp³-hybridized carbons (Fsp3) is 0.0769. The minimum Gasteiger partial charge on any atom is -0.399 e. The standard InChI is InChI=1S/C13H11ClFNS/c14-13-7-11(16)5-4-9(13)8-17-12-3-1-2-10(15)6-12/h1-7H,8,16H2. The van der Waals surface area contributed by atoms with Gasteiger partial charge in [0.2, 0.25) is 0 Å². The topological polar surface area (TPSA) is 26.0 Å². The zero-order chi connectivity index (χ0) is 12.3. The maximum atomic E-state index is 13.0. The van der Waals surface area contributed by atoms with Gasteiger partial charge < -0.3 is 5.73 Å². The quantitative estimate of drug-likeness (QED) is 0.661. The Morgan fingerprint density at radius 1 is 1.18 bits per heavy atom. The highest BCUT2D eigenvalue weighted by atomic mass is 35.5. The zero-order valence-corrected chi connectivity index (χ0v) is 10.6. The van der Waals surface area contributed by atoms with Crippen LogP contribution in [-0.4, -0.2) is 0 Å². The van der Waals surface area contributed by atoms with Gasteiger partial charge in [-0.1, -0.05) is 23.7 Å². The number of nitrogen functional groups attached to an aromatic ring is 1. The first-order valence-electron chi connectivity index (χ1n) is 5.07. The maximum absolute atomic E-state index is 13.0. The van der Waals surface area contributed by atoms with E-state index in [0.29, 0.717) is 16.5 Å². The van der Waals surface area contributed by atoms with Crippen molar-refractivity contribution in [2.75, 3.05) is 5.73 Å². The summed E-state index contributed by atoms with van der Waals surface area (Å²) in [5, 5.41) is 0.647. The molecule has 2 rings (SSSR count). The Hall–Kier alpha value is -1.19. The van der Waals surface area contributed by atoms with Crippen molar-refractivity contribution in [3.05, 3.63) is 58.9 Å². The van der Waals surface area contributed by atoms with Crippen molar-refractivity contribution in [2.24, 2.45) is 0 Å². The average Bonchev–Trinajstić information content (AvgIpc) is 2.28. The zero-order valence-electron chi connectivity index (χ0n) is 8.99. The average molecular weight is 268 g/mol. The van der Waals surface area contributed by atoms with E-state index in [4.69, 9.17) is 17.3 Å². The molecule has 0 amide bonds. The van der Waals surface area contributed by atoms with E-state index in [-0.39, 0.29) is 5.82 Å². The van der Waals surface area contributed by atoms with E-state index in [1.54, 1.807) is 23.9 Å². The SMILES string of the molecule is Nc1ccc(CSc2cccc(F)c2)c(Cl)c1. The lowest BCUT2D eigenvalue weighted by atomic mass is 10.2. The molecule has 88 valence electrons. The predicted molar refractivity (Wildman–Crippen MR) is 71.8 cm³/mol. The molecule has 0 saturated heterocycles. The van der Waals surface area contributed by atoms with Gasteiger partial charge >= 0.3 is 0 Å². The third kappa shape index (κ3) is 3.38. The molecule has 0 aliphatic heterocycles. The van der Waals surface area contributed by atoms with E-state index in [0.717, 1.165) is 10.5 Å². The molecule has 0 saturated carbocycles. The van der Waals surface area contributed by atoms with Crippen molar-refractivity contribution in [3.63, 3.8) is 0 Å². The van der Waals surface area contributed by atoms with Crippen LogP contribution in [-0.2, 0) is 5.75 Å². The lowest BCUT2D eigenvalue weighted by Gasteiger charge is -2.05. The summed E-state index contributed by atoms with van der Waals surface area (Å²) < 4.78 is 13.0. The number of hydrogen-bond acceptors (Lipinski definition) is 2. The van der Waals surface area contributed by atoms with Gasteiger partial charge in [0.05, 0.1) is 0 Å². The highest BCUT2D eigenvalue weighted by molar-refractivity contribution is 7.98. The Bertz CT molecular complexity index is 531. The Labute approximate surface area is 109 Å². The molecule has 4 heteroatoms. The molecule has 2 N–H and O–H groups in total. The molecule has 2 aromatic carbocycles. The Balaban J connectivity index is 2.07. The second-order valence-corrected chi connectivity index (χ2v) is 5.05. The van der Waals surface area contributed by atoms with Crippen LogP contribution >= 0.6 is 23.4 Å². The lowest BCUT2D eigenvalue weighted by molar-refractivity contribution is 0.624. The fourth-order valence-electron chi connectivity index (χ4n) is 1.40. The third-order valence-corrected chi connectivity index (χ3v) is 3.66. The number of anilines is 1. The molecule has 0 radical (unpaired) electrons. The van der Waals surface area contributed by atoms with E-state index in [2.05, 4.69) is 0 Å². The lowest BCUT2D eigenvalue weighted by Crippen LogP contribution is -1.88. The second kappa shape index (κ2) is 5.43. The number of benzene rings is 2. The molecule has 0 atom stereocenters. The van der Waals surface area contributed by atoms with Crippen molar-refractivity contribution in [1.82, 2.24) is 0 Å². The van der Waals surface area contributed by atoms with Crippen LogP contribution in [0.15, 0.2) is 47.4 Å². The van der Waals surface area contributed by atoms with Crippen LogP contribution in [0.3, 0.4) is 0 Å². The van der Waals surface area contributed by atoms with E-state index < -0.39 is 0 Å². The van der Waals surface area contributed by atoms with Crippen LogP contribution in [0.2, 0.25) is 5.02 Å². The highest BCUT2D eigenvalue weighted by Gasteiger charge is 2.02. The first-order chi connectivity index (χ1) is 8.15. The Morgan fingerprint density at radius 3 is 2.71 bits per heavy atom. The molecule has 0 heterocycles. The summed E-state index contributed by atoms with van der Waals surface area (Å²) in [6.45, 7) is 0. The summed E-state index contributed by atoms with van der Waals surface area (Å²) in [6.07, 6.45) is 0. The molecule has 0 fully saturated rings. The summed E-state index contributed by atoms with van der Waals surface area (Å²) >= 11 is 7.60. The maximum Gasteiger partial charge on any atom is 0.124 e. The van der Waals surface area contributed by atoms with Crippen LogP contribution in [0.1, 0.15) is 5.56 Å². The number of thioether (sulfide) groups is 1. The number of hydrogen-bond donors (Lipinski definition) is 1. The van der Waals surface area contributed by atoms with E-state index in [9.17, 15) is 4.39 Å². The largest absolute Gasteiger partial charge is 0.399 e. The molecule has 17 heavy (non-hydrogen) atoms. The summed E-state index contributed by atoms with van der Waals surface area (Å²) in [7, 11) is 0. The highest BCUT2D eigenvalue weighted by Crippen LogP contribution is 2.28. The van der Waals surface area contributed by atoms with Gasteiger partial charge in [-0.15, -0.1) is 11.8 Å². The summed E-state index contributed by atoms with van der Waals surface area (Å²) in [4.78, 5) is 0.887. The molecule has 0 aromatic heterocycles. The van der Waals surface area contributed by atoms with E-state index >= 15 is 0 Å². The molecule has 1 nitrogen and oxygen atoms in total. The van der Waals surface area contributed by atoms with Gasteiger partial charge in [-0.25, -0.2) is 4.39 Å². The van der Waals surface area contributed by atoms with E-state index in [1.165, 1.54) is 12.1 Å². The van der Waals surface area contributed by atoms with Gasteiger partial charge in [0, 0.05) is 21.4 Å². The number of nitrogens with two attached hydrogens (primary N) is 1. The number of halogens is 2. The molecular formula is C13H11ClFNS. The smallest absolute Gasteiger partial charge is 0.124 e. The molecule has 0 bridgehead atoms. The van der Waals surface area contributed by atoms with Gasteiger partial charge in [0.15, 0.2) is 0 Å². The summed E-state index contributed by atoms with van der Waals surface area (Å²) in [5.41, 5.74) is 7.26. The monoisotopic (exact) mass is 267 g/mol. The normalized spacial score (nSPS) is 10.5. The van der Waals surface area contributed by atoms with Crippen LogP contribution in [0.4, 0.5) is 10.1 Å². The van der Waals surface area contributed by atoms with Gasteiger partial charge in [-0.3, -0.25) is 0 Å².